The van der Waals surface area contributed by atoms with Crippen molar-refractivity contribution in [1.82, 2.24) is 34.6 Å². The number of carboxylic acid groups (broad SMARTS) is 1. The molecule has 13 rings (SSSR count). The van der Waals surface area contributed by atoms with E-state index in [0.717, 1.165) is 141 Å². The van der Waals surface area contributed by atoms with Crippen LogP contribution in [0.3, 0.4) is 0 Å². The standard InChI is InChI=1S/C25H27BrFN3O2.C23H24BrFN2O2.C21H20BrFN2O2/c26-19-8-7-17(21(27)14-19)15-29-9-3-4-18(16-29)23-20-5-1-2-6-22(20)28-24(23)25(31)30-10-12-32-13-11-30;1-2-29-23(28)22-21(18-7-3-4-8-20(18)26-22)16-6-5-11-27(14-16)13-15-9-10-17(24)12-19(15)25;22-15-8-7-13(17(23)10-15)11-25-9-3-4-14(12-25)19-16-5-1-2-6-18(16)24-20(19)21(26)27/h1-2,5-8,14,18,28H,3-4,9-13,15-16H2;3-4,7-10,12,16,26H,2,5-6,11,13-14H2,1H3;1-2,5-8,10,14,24H,3-4,9,11-12H2,(H,26,27). The number of carboxylic acids is 1. The number of halogens is 6. The number of esters is 1. The molecule has 0 bridgehead atoms. The molecule has 3 unspecified atom stereocenters. The molecule has 4 aliphatic heterocycles. The maximum Gasteiger partial charge on any atom is 0.355 e. The summed E-state index contributed by atoms with van der Waals surface area (Å²) >= 11 is 9.94. The van der Waals surface area contributed by atoms with Crippen LogP contribution in [0, 0.1) is 17.5 Å². The fourth-order valence-corrected chi connectivity index (χ4v) is 14.4. The van der Waals surface area contributed by atoms with E-state index in [1.54, 1.807) is 6.07 Å². The van der Waals surface area contributed by atoms with Gasteiger partial charge >= 0.3 is 11.9 Å². The quantitative estimate of drug-likeness (QED) is 0.0828. The van der Waals surface area contributed by atoms with E-state index in [-0.39, 0.29) is 52.8 Å². The van der Waals surface area contributed by atoms with Crippen molar-refractivity contribution in [2.75, 3.05) is 72.2 Å². The summed E-state index contributed by atoms with van der Waals surface area (Å²) < 4.78 is 55.9. The van der Waals surface area contributed by atoms with Crippen molar-refractivity contribution >= 4 is 98.3 Å². The topological polar surface area (TPSA) is 150 Å². The van der Waals surface area contributed by atoms with E-state index in [4.69, 9.17) is 9.47 Å². The number of aromatic nitrogens is 3. The fraction of sp³-hybridized carbons (Fsp3) is 0.348. The maximum atomic E-state index is 14.4. The Hall–Kier alpha value is -6.58. The Balaban J connectivity index is 0.000000137. The minimum atomic E-state index is -0.933. The van der Waals surface area contributed by atoms with E-state index >= 15 is 0 Å². The van der Waals surface area contributed by atoms with Gasteiger partial charge in [-0.15, -0.1) is 0 Å². The third-order valence-corrected chi connectivity index (χ3v) is 18.9. The van der Waals surface area contributed by atoms with Crippen LogP contribution in [0.25, 0.3) is 32.7 Å². The Labute approximate surface area is 535 Å². The molecule has 9 aromatic rings. The number of hydrogen-bond acceptors (Lipinski definition) is 8. The van der Waals surface area contributed by atoms with Gasteiger partial charge < -0.3 is 34.4 Å². The van der Waals surface area contributed by atoms with Gasteiger partial charge in [-0.2, -0.15) is 0 Å². The number of nitrogens with zero attached hydrogens (tertiary/aromatic N) is 4. The van der Waals surface area contributed by atoms with Crippen LogP contribution in [-0.2, 0) is 29.1 Å². The SMILES string of the molecule is CCOC(=O)c1[nH]c2ccccc2c1C1CCCN(Cc2ccc(Br)cc2F)C1.O=C(O)c1[nH]c2ccccc2c1C1CCCN(Cc2ccc(Br)cc2F)C1.O=C(c1[nH]c2ccccc2c1C1CCCN(Cc2ccc(Br)cc2F)C1)N1CCOCC1. The second-order valence-electron chi connectivity index (χ2n) is 23.2. The smallest absolute Gasteiger partial charge is 0.355 e. The lowest BCUT2D eigenvalue weighted by atomic mass is 9.88. The van der Waals surface area contributed by atoms with Crippen LogP contribution in [0.2, 0.25) is 0 Å². The number of aromatic carboxylic acids is 1. The highest BCUT2D eigenvalue weighted by atomic mass is 79.9. The highest BCUT2D eigenvalue weighted by molar-refractivity contribution is 9.11. The molecule has 1 amide bonds. The number of carbonyl (C=O) groups excluding carboxylic acids is 2. The average Bonchev–Trinajstić information content (AvgIpc) is 2.93. The molecule has 4 aliphatic rings. The van der Waals surface area contributed by atoms with Crippen LogP contribution in [-0.4, -0.2) is 130 Å². The molecule has 13 nitrogen and oxygen atoms in total. The summed E-state index contributed by atoms with van der Waals surface area (Å²) in [5, 5.41) is 12.8. The van der Waals surface area contributed by atoms with Gasteiger partial charge in [0.15, 0.2) is 0 Å². The number of aromatic amines is 3. The first-order valence-corrected chi connectivity index (χ1v) is 32.7. The Morgan fingerprint density at radius 1 is 0.523 bits per heavy atom. The molecule has 88 heavy (non-hydrogen) atoms. The van der Waals surface area contributed by atoms with Gasteiger partial charge in [0, 0.05) is 115 Å². The number of fused-ring (bicyclic) bond motifs is 3. The van der Waals surface area contributed by atoms with E-state index in [9.17, 15) is 32.7 Å². The van der Waals surface area contributed by atoms with Crippen LogP contribution in [0.5, 0.6) is 0 Å². The number of para-hydroxylation sites is 3. The van der Waals surface area contributed by atoms with E-state index in [1.165, 1.54) is 18.2 Å². The number of carbonyl (C=O) groups is 3. The zero-order valence-electron chi connectivity index (χ0n) is 49.0. The number of amides is 1. The summed E-state index contributed by atoms with van der Waals surface area (Å²) in [7, 11) is 0. The first kappa shape index (κ1) is 63.0. The molecule has 19 heteroatoms. The van der Waals surface area contributed by atoms with Crippen molar-refractivity contribution < 1.29 is 42.1 Å². The normalized spacial score (nSPS) is 18.6. The van der Waals surface area contributed by atoms with Crippen LogP contribution in [0.4, 0.5) is 13.2 Å². The third-order valence-electron chi connectivity index (χ3n) is 17.4. The third kappa shape index (κ3) is 14.7. The highest BCUT2D eigenvalue weighted by Gasteiger charge is 2.34. The summed E-state index contributed by atoms with van der Waals surface area (Å²) in [6.07, 6.45) is 5.93. The van der Waals surface area contributed by atoms with Crippen molar-refractivity contribution in [2.45, 2.75) is 82.8 Å². The molecule has 0 saturated carbocycles. The summed E-state index contributed by atoms with van der Waals surface area (Å²) in [5.74, 6) is -1.26. The number of piperidine rings is 3. The summed E-state index contributed by atoms with van der Waals surface area (Å²) in [6.45, 7) is 11.3. The summed E-state index contributed by atoms with van der Waals surface area (Å²) in [4.78, 5) is 56.3. The molecule has 0 spiro atoms. The number of H-pyrrole nitrogens is 3. The molecular formula is C69H71Br3F3N7O6. The van der Waals surface area contributed by atoms with Crippen molar-refractivity contribution in [2.24, 2.45) is 0 Å². The molecular weight excluding hydrogens is 1320 g/mol. The van der Waals surface area contributed by atoms with Gasteiger partial charge in [0.2, 0.25) is 0 Å². The highest BCUT2D eigenvalue weighted by Crippen LogP contribution is 2.40. The predicted octanol–water partition coefficient (Wildman–Crippen LogP) is 15.7. The molecule has 4 N–H and O–H groups in total. The zero-order valence-corrected chi connectivity index (χ0v) is 53.8. The van der Waals surface area contributed by atoms with Gasteiger partial charge in [-0.3, -0.25) is 19.5 Å². The van der Waals surface area contributed by atoms with Crippen molar-refractivity contribution in [3.8, 4) is 0 Å². The lowest BCUT2D eigenvalue weighted by molar-refractivity contribution is 0.0298. The van der Waals surface area contributed by atoms with Gasteiger partial charge in [0.25, 0.3) is 5.91 Å². The molecule has 0 radical (unpaired) electrons. The number of ether oxygens (including phenoxy) is 2. The number of likely N-dealkylation sites (tertiary alicyclic amines) is 3. The van der Waals surface area contributed by atoms with Gasteiger partial charge in [-0.1, -0.05) is 121 Å². The number of rotatable bonds is 13. The van der Waals surface area contributed by atoms with Gasteiger partial charge in [0.1, 0.15) is 34.5 Å². The van der Waals surface area contributed by atoms with E-state index in [1.807, 2.05) is 103 Å². The van der Waals surface area contributed by atoms with Crippen molar-refractivity contribution in [3.05, 3.63) is 209 Å². The predicted molar refractivity (Wildman–Crippen MR) is 349 cm³/mol. The van der Waals surface area contributed by atoms with Crippen LogP contribution < -0.4 is 0 Å². The minimum Gasteiger partial charge on any atom is -0.477 e. The van der Waals surface area contributed by atoms with E-state index in [2.05, 4.69) is 89.6 Å². The molecule has 460 valence electrons. The second kappa shape index (κ2) is 28.9. The zero-order chi connectivity index (χ0) is 61.4. The maximum absolute atomic E-state index is 14.4. The first-order chi connectivity index (χ1) is 42.7. The molecule has 3 aromatic heterocycles. The van der Waals surface area contributed by atoms with Crippen molar-refractivity contribution in [1.29, 1.82) is 0 Å². The monoisotopic (exact) mass is 1390 g/mol. The molecule has 4 saturated heterocycles. The van der Waals surface area contributed by atoms with Gasteiger partial charge in [-0.05, 0) is 154 Å². The molecule has 7 heterocycles. The molecule has 3 atom stereocenters. The van der Waals surface area contributed by atoms with E-state index in [0.29, 0.717) is 80.6 Å². The fourth-order valence-electron chi connectivity index (χ4n) is 13.4. The Morgan fingerprint density at radius 3 is 1.27 bits per heavy atom. The molecule has 4 fully saturated rings. The molecule has 0 aliphatic carbocycles. The van der Waals surface area contributed by atoms with E-state index < -0.39 is 5.97 Å². The number of morpholine rings is 1. The van der Waals surface area contributed by atoms with Crippen molar-refractivity contribution in [3.63, 3.8) is 0 Å². The van der Waals surface area contributed by atoms with Crippen LogP contribution >= 0.6 is 47.8 Å². The van der Waals surface area contributed by atoms with Crippen LogP contribution in [0.15, 0.2) is 141 Å². The largest absolute Gasteiger partial charge is 0.477 e. The number of hydrogen-bond donors (Lipinski definition) is 4. The Kier molecular flexibility index (Phi) is 20.7. The number of nitrogens with one attached hydrogen (secondary N) is 3. The molecule has 6 aromatic carbocycles. The number of benzene rings is 6. The summed E-state index contributed by atoms with van der Waals surface area (Å²) in [5.41, 5.74) is 9.39. The minimum absolute atomic E-state index is 0.0515. The van der Waals surface area contributed by atoms with Crippen LogP contribution in [0.1, 0.15) is 128 Å². The lowest BCUT2D eigenvalue weighted by Crippen LogP contribution is -2.41. The Morgan fingerprint density at radius 2 is 0.886 bits per heavy atom. The van der Waals surface area contributed by atoms with Gasteiger partial charge in [0.05, 0.1) is 19.8 Å². The lowest BCUT2D eigenvalue weighted by Gasteiger charge is -2.34. The second-order valence-corrected chi connectivity index (χ2v) is 26.0. The Bertz CT molecular complexity index is 3960. The summed E-state index contributed by atoms with van der Waals surface area (Å²) in [6, 6.07) is 39.5. The average molecular weight is 1390 g/mol. The first-order valence-electron chi connectivity index (χ1n) is 30.3. The van der Waals surface area contributed by atoms with Gasteiger partial charge in [-0.25, -0.2) is 22.8 Å².